The Morgan fingerprint density at radius 3 is 2.65 bits per heavy atom. The number of methoxy groups -OCH3 is 1. The van der Waals surface area contributed by atoms with Gasteiger partial charge in [-0.3, -0.25) is 4.90 Å². The molecule has 0 aliphatic carbocycles. The predicted molar refractivity (Wildman–Crippen MR) is 82.1 cm³/mol. The molecule has 0 bridgehead atoms. The Kier molecular flexibility index (Phi) is 3.96. The molecule has 0 aromatic heterocycles. The van der Waals surface area contributed by atoms with E-state index in [2.05, 4.69) is 0 Å². The Hall–Kier alpha value is -2.53. The molecule has 1 N–H and O–H groups in total. The molecule has 0 amide bonds. The summed E-state index contributed by atoms with van der Waals surface area (Å²) in [6.45, 7) is 0.519. The highest BCUT2D eigenvalue weighted by Crippen LogP contribution is 2.38. The lowest BCUT2D eigenvalue weighted by atomic mass is 10.0. The zero-order valence-electron chi connectivity index (χ0n) is 13.2. The van der Waals surface area contributed by atoms with Crippen LogP contribution in [0.25, 0.3) is 0 Å². The number of hydrogen-bond donors (Lipinski definition) is 1. The van der Waals surface area contributed by atoms with Gasteiger partial charge < -0.3 is 19.4 Å². The van der Waals surface area contributed by atoms with E-state index in [-0.39, 0.29) is 6.42 Å². The second-order valence-corrected chi connectivity index (χ2v) is 5.77. The van der Waals surface area contributed by atoms with Gasteiger partial charge in [-0.2, -0.15) is 0 Å². The molecule has 1 heterocycles. The number of carboxylic acids is 1. The minimum Gasteiger partial charge on any atom is -0.541 e. The van der Waals surface area contributed by atoms with Crippen molar-refractivity contribution in [2.24, 2.45) is 0 Å². The van der Waals surface area contributed by atoms with E-state index in [1.54, 1.807) is 32.4 Å². The molecule has 0 saturated heterocycles. The normalized spacial score (nSPS) is 20.4. The summed E-state index contributed by atoms with van der Waals surface area (Å²) in [6.07, 6.45) is 0.216. The third kappa shape index (κ3) is 2.64. The number of benzene rings is 2. The smallest absolute Gasteiger partial charge is 0.287 e. The standard InChI is InChI=1S/C18H19NO4/c1-19(12-13-7-4-3-5-8-13)18(17(20)21)11-14-15(22-2)9-6-10-16(14)23-18/h3-10H,11-12H2,1-2H3,(H,20,21)/t18-/m0/s1. The number of carbonyl (C=O) groups is 1. The highest BCUT2D eigenvalue weighted by Gasteiger charge is 2.49. The van der Waals surface area contributed by atoms with Crippen molar-refractivity contribution in [3.8, 4) is 11.5 Å². The van der Waals surface area contributed by atoms with Crippen LogP contribution in [0.1, 0.15) is 11.1 Å². The van der Waals surface area contributed by atoms with Crippen LogP contribution in [0.15, 0.2) is 48.5 Å². The second kappa shape index (κ2) is 5.93. The van der Waals surface area contributed by atoms with Gasteiger partial charge in [-0.15, -0.1) is 0 Å². The highest BCUT2D eigenvalue weighted by molar-refractivity contribution is 5.76. The van der Waals surface area contributed by atoms with Gasteiger partial charge in [0.2, 0.25) is 0 Å². The van der Waals surface area contributed by atoms with Crippen LogP contribution in [0.2, 0.25) is 0 Å². The summed E-state index contributed by atoms with van der Waals surface area (Å²) >= 11 is 0. The first-order valence-electron chi connectivity index (χ1n) is 7.50. The number of fused-ring (bicyclic) bond motifs is 1. The fraction of sp³-hybridized carbons (Fsp3) is 0.278. The Balaban J connectivity index is 1.92. The van der Waals surface area contributed by atoms with Gasteiger partial charge in [-0.25, -0.2) is 0 Å². The van der Waals surface area contributed by atoms with Gasteiger partial charge in [0, 0.05) is 11.1 Å². The van der Waals surface area contributed by atoms with Crippen LogP contribution in [0.3, 0.4) is 0 Å². The van der Waals surface area contributed by atoms with Crippen molar-refractivity contribution in [3.05, 3.63) is 59.7 Å². The summed E-state index contributed by atoms with van der Waals surface area (Å²) in [6, 6.07) is 15.1. The summed E-state index contributed by atoms with van der Waals surface area (Å²) in [5.41, 5.74) is 0.357. The molecular weight excluding hydrogens is 294 g/mol. The molecule has 2 atom stereocenters. The molecule has 0 spiro atoms. The van der Waals surface area contributed by atoms with Crippen molar-refractivity contribution >= 4 is 5.97 Å². The molecule has 0 fully saturated rings. The minimum atomic E-state index is -1.45. The van der Waals surface area contributed by atoms with E-state index >= 15 is 0 Å². The van der Waals surface area contributed by atoms with Crippen LogP contribution < -0.4 is 19.5 Å². The number of carboxylic acid groups (broad SMARTS) is 1. The topological polar surface area (TPSA) is 63.0 Å². The molecule has 0 radical (unpaired) electrons. The van der Waals surface area contributed by atoms with Crippen LogP contribution >= 0.6 is 0 Å². The van der Waals surface area contributed by atoms with Gasteiger partial charge in [-0.05, 0) is 12.1 Å². The number of likely N-dealkylation sites (N-methyl/N-ethyl adjacent to an activating group) is 1. The molecule has 5 heteroatoms. The first kappa shape index (κ1) is 15.4. The maximum absolute atomic E-state index is 11.9. The van der Waals surface area contributed by atoms with Crippen molar-refractivity contribution in [2.75, 3.05) is 14.2 Å². The lowest BCUT2D eigenvalue weighted by Gasteiger charge is -2.34. The Morgan fingerprint density at radius 1 is 1.26 bits per heavy atom. The first-order chi connectivity index (χ1) is 11.1. The van der Waals surface area contributed by atoms with Crippen molar-refractivity contribution in [2.45, 2.75) is 18.7 Å². The van der Waals surface area contributed by atoms with E-state index in [0.717, 1.165) is 11.1 Å². The molecule has 2 aromatic rings. The van der Waals surface area contributed by atoms with E-state index in [9.17, 15) is 9.90 Å². The van der Waals surface area contributed by atoms with E-state index in [0.29, 0.717) is 22.9 Å². The molecule has 1 aliphatic heterocycles. The number of aliphatic carboxylic acids is 1. The van der Waals surface area contributed by atoms with Gasteiger partial charge in [0.1, 0.15) is 24.0 Å². The van der Waals surface area contributed by atoms with E-state index in [1.807, 2.05) is 30.3 Å². The van der Waals surface area contributed by atoms with Crippen LogP contribution in [0, 0.1) is 0 Å². The Labute approximate surface area is 135 Å². The lowest BCUT2D eigenvalue weighted by molar-refractivity contribution is -0.959. The van der Waals surface area contributed by atoms with Gasteiger partial charge in [0.05, 0.1) is 20.6 Å². The molecular formula is C18H19NO4. The average Bonchev–Trinajstić information content (AvgIpc) is 2.96. The van der Waals surface area contributed by atoms with Crippen molar-refractivity contribution in [1.29, 1.82) is 0 Å². The summed E-state index contributed by atoms with van der Waals surface area (Å²) < 4.78 is 11.2. The maximum Gasteiger partial charge on any atom is 0.287 e. The molecule has 1 unspecified atom stereocenters. The van der Waals surface area contributed by atoms with E-state index in [1.165, 1.54) is 0 Å². The van der Waals surface area contributed by atoms with E-state index < -0.39 is 11.7 Å². The van der Waals surface area contributed by atoms with Crippen molar-refractivity contribution in [3.63, 3.8) is 0 Å². The maximum atomic E-state index is 11.9. The average molecular weight is 313 g/mol. The second-order valence-electron chi connectivity index (χ2n) is 5.77. The number of ether oxygens (including phenoxy) is 2. The minimum absolute atomic E-state index is 0.216. The molecule has 0 saturated carbocycles. The molecule has 5 nitrogen and oxygen atoms in total. The van der Waals surface area contributed by atoms with Gasteiger partial charge in [-0.1, -0.05) is 36.4 Å². The molecule has 2 aromatic carbocycles. The summed E-state index contributed by atoms with van der Waals surface area (Å²) in [5.74, 6) is -0.0386. The zero-order valence-corrected chi connectivity index (χ0v) is 13.2. The van der Waals surface area contributed by atoms with Crippen molar-refractivity contribution < 1.29 is 24.3 Å². The number of carbonyl (C=O) groups excluding carboxylic acids is 1. The monoisotopic (exact) mass is 313 g/mol. The van der Waals surface area contributed by atoms with Crippen LogP contribution in [-0.4, -0.2) is 25.9 Å². The van der Waals surface area contributed by atoms with Crippen LogP contribution in [0.5, 0.6) is 11.5 Å². The Morgan fingerprint density at radius 2 is 2.00 bits per heavy atom. The quantitative estimate of drug-likeness (QED) is 0.830. The molecule has 3 rings (SSSR count). The number of rotatable bonds is 5. The Bertz CT molecular complexity index is 716. The first-order valence-corrected chi connectivity index (χ1v) is 7.50. The molecule has 1 aliphatic rings. The van der Waals surface area contributed by atoms with Crippen LogP contribution in [-0.2, 0) is 17.8 Å². The van der Waals surface area contributed by atoms with Gasteiger partial charge in [0.25, 0.3) is 5.72 Å². The number of quaternary nitrogens is 1. The molecule has 23 heavy (non-hydrogen) atoms. The predicted octanol–water partition coefficient (Wildman–Crippen LogP) is -0.209. The highest BCUT2D eigenvalue weighted by atomic mass is 16.6. The largest absolute Gasteiger partial charge is 0.541 e. The summed E-state index contributed by atoms with van der Waals surface area (Å²) in [7, 11) is 3.37. The van der Waals surface area contributed by atoms with Gasteiger partial charge in [0.15, 0.2) is 0 Å². The number of nitrogens with one attached hydrogen (secondary N) is 1. The lowest BCUT2D eigenvalue weighted by Crippen LogP contribution is -3.20. The third-order valence-electron chi connectivity index (χ3n) is 4.35. The number of hydrogen-bond acceptors (Lipinski definition) is 4. The SMILES string of the molecule is COc1cccc2c1C[C@](C(=O)[O-])([NH+](C)Cc1ccccc1)O2. The molecule has 120 valence electrons. The summed E-state index contributed by atoms with van der Waals surface area (Å²) in [4.78, 5) is 12.6. The fourth-order valence-electron chi connectivity index (χ4n) is 3.05. The zero-order chi connectivity index (χ0) is 16.4. The van der Waals surface area contributed by atoms with Crippen LogP contribution in [0.4, 0.5) is 0 Å². The fourth-order valence-corrected chi connectivity index (χ4v) is 3.05. The summed E-state index contributed by atoms with van der Waals surface area (Å²) in [5, 5.41) is 11.9. The van der Waals surface area contributed by atoms with Crippen molar-refractivity contribution in [1.82, 2.24) is 0 Å². The van der Waals surface area contributed by atoms with Gasteiger partial charge >= 0.3 is 0 Å². The third-order valence-corrected chi connectivity index (χ3v) is 4.35. The van der Waals surface area contributed by atoms with E-state index in [4.69, 9.17) is 9.47 Å².